The molecule has 1 aliphatic heterocycles. The molecule has 0 bridgehead atoms. The lowest BCUT2D eigenvalue weighted by Gasteiger charge is -2.27. The van der Waals surface area contributed by atoms with Crippen molar-refractivity contribution in [3.8, 4) is 5.75 Å². The summed E-state index contributed by atoms with van der Waals surface area (Å²) >= 11 is 0. The van der Waals surface area contributed by atoms with Gasteiger partial charge < -0.3 is 14.4 Å². The van der Waals surface area contributed by atoms with E-state index in [1.807, 2.05) is 0 Å². The molecule has 1 aromatic heterocycles. The number of aliphatic hydroxyl groups is 1. The summed E-state index contributed by atoms with van der Waals surface area (Å²) in [6.07, 6.45) is -3.98. The smallest absolute Gasteiger partial charge is 0.441 e. The lowest BCUT2D eigenvalue weighted by atomic mass is 10.0. The van der Waals surface area contributed by atoms with Gasteiger partial charge in [-0.2, -0.15) is 13.2 Å². The van der Waals surface area contributed by atoms with E-state index in [2.05, 4.69) is 0 Å². The summed E-state index contributed by atoms with van der Waals surface area (Å²) in [5.74, 6) is 0.539. The largest absolute Gasteiger partial charge is 0.497 e. The first-order valence-corrected chi connectivity index (χ1v) is 7.63. The zero-order chi connectivity index (χ0) is 17.8. The van der Waals surface area contributed by atoms with Crippen molar-refractivity contribution in [1.29, 1.82) is 0 Å². The SMILES string of the molecule is COc1ccc2c(c1)cc1n2C(O)(C(F)(F)F)C=C1c1ccccc1. The highest BCUT2D eigenvalue weighted by Gasteiger charge is 2.58. The fourth-order valence-electron chi connectivity index (χ4n) is 3.28. The van der Waals surface area contributed by atoms with Crippen molar-refractivity contribution in [2.75, 3.05) is 7.11 Å². The Hall–Kier alpha value is -2.73. The van der Waals surface area contributed by atoms with Crippen molar-refractivity contribution in [2.24, 2.45) is 0 Å². The summed E-state index contributed by atoms with van der Waals surface area (Å²) < 4.78 is 47.3. The molecule has 0 saturated carbocycles. The number of rotatable bonds is 2. The molecule has 0 spiro atoms. The Morgan fingerprint density at radius 1 is 1.04 bits per heavy atom. The van der Waals surface area contributed by atoms with E-state index >= 15 is 0 Å². The van der Waals surface area contributed by atoms with Crippen molar-refractivity contribution in [3.63, 3.8) is 0 Å². The second kappa shape index (κ2) is 5.13. The lowest BCUT2D eigenvalue weighted by Crippen LogP contribution is -2.44. The predicted molar refractivity (Wildman–Crippen MR) is 88.3 cm³/mol. The van der Waals surface area contributed by atoms with Gasteiger partial charge >= 0.3 is 6.18 Å². The number of nitrogens with zero attached hydrogens (tertiary/aromatic N) is 1. The molecule has 1 aliphatic rings. The summed E-state index contributed by atoms with van der Waals surface area (Å²) in [6.45, 7) is 0. The number of hydrogen-bond donors (Lipinski definition) is 1. The zero-order valence-electron chi connectivity index (χ0n) is 13.2. The molecule has 3 aromatic rings. The Bertz CT molecular complexity index is 989. The quantitative estimate of drug-likeness (QED) is 0.751. The predicted octanol–water partition coefficient (Wildman–Crippen LogP) is 4.30. The van der Waals surface area contributed by atoms with Gasteiger partial charge in [0.2, 0.25) is 0 Å². The van der Waals surface area contributed by atoms with Crippen LogP contribution in [0.5, 0.6) is 5.75 Å². The van der Waals surface area contributed by atoms with Crippen molar-refractivity contribution >= 4 is 16.5 Å². The van der Waals surface area contributed by atoms with E-state index in [9.17, 15) is 18.3 Å². The summed E-state index contributed by atoms with van der Waals surface area (Å²) in [5.41, 5.74) is -1.54. The molecule has 0 fully saturated rings. The highest BCUT2D eigenvalue weighted by molar-refractivity contribution is 5.93. The first-order chi connectivity index (χ1) is 11.8. The summed E-state index contributed by atoms with van der Waals surface area (Å²) in [6, 6.07) is 15.1. The monoisotopic (exact) mass is 345 g/mol. The summed E-state index contributed by atoms with van der Waals surface area (Å²) in [5, 5.41) is 11.1. The lowest BCUT2D eigenvalue weighted by molar-refractivity contribution is -0.272. The molecule has 1 atom stereocenters. The van der Waals surface area contributed by atoms with Crippen molar-refractivity contribution < 1.29 is 23.0 Å². The maximum Gasteiger partial charge on any atom is 0.441 e. The highest BCUT2D eigenvalue weighted by Crippen LogP contribution is 2.48. The van der Waals surface area contributed by atoms with Crippen LogP contribution >= 0.6 is 0 Å². The number of aromatic nitrogens is 1. The van der Waals surface area contributed by atoms with Crippen molar-refractivity contribution in [2.45, 2.75) is 11.9 Å². The van der Waals surface area contributed by atoms with E-state index in [0.717, 1.165) is 10.6 Å². The Balaban J connectivity index is 2.04. The van der Waals surface area contributed by atoms with E-state index in [1.54, 1.807) is 48.5 Å². The molecule has 3 nitrogen and oxygen atoms in total. The van der Waals surface area contributed by atoms with Gasteiger partial charge in [0.15, 0.2) is 0 Å². The van der Waals surface area contributed by atoms with Crippen LogP contribution in [0.4, 0.5) is 13.2 Å². The molecule has 0 saturated heterocycles. The third-order valence-corrected chi connectivity index (χ3v) is 4.47. The van der Waals surface area contributed by atoms with Crippen molar-refractivity contribution in [1.82, 2.24) is 4.57 Å². The van der Waals surface area contributed by atoms with Crippen LogP contribution in [0.25, 0.3) is 16.5 Å². The number of alkyl halides is 3. The van der Waals surface area contributed by atoms with Crippen LogP contribution < -0.4 is 4.74 Å². The number of benzene rings is 2. The van der Waals surface area contributed by atoms with Crippen LogP contribution in [0.15, 0.2) is 60.7 Å². The molecule has 128 valence electrons. The number of hydrogen-bond acceptors (Lipinski definition) is 2. The van der Waals surface area contributed by atoms with E-state index < -0.39 is 11.9 Å². The van der Waals surface area contributed by atoms with Gasteiger partial charge in [-0.25, -0.2) is 0 Å². The second-order valence-corrected chi connectivity index (χ2v) is 5.94. The van der Waals surface area contributed by atoms with E-state index in [-0.39, 0.29) is 5.52 Å². The maximum atomic E-state index is 13.7. The third-order valence-electron chi connectivity index (χ3n) is 4.47. The minimum Gasteiger partial charge on any atom is -0.497 e. The molecule has 1 N–H and O–H groups in total. The van der Waals surface area contributed by atoms with Gasteiger partial charge in [-0.1, -0.05) is 30.3 Å². The normalized spacial score (nSPS) is 19.8. The average Bonchev–Trinajstić information content (AvgIpc) is 3.11. The van der Waals surface area contributed by atoms with Crippen LogP contribution in [0.1, 0.15) is 11.3 Å². The number of ether oxygens (including phenoxy) is 1. The molecule has 1 unspecified atom stereocenters. The van der Waals surface area contributed by atoms with Crippen LogP contribution in [0.3, 0.4) is 0 Å². The molecule has 2 aromatic carbocycles. The summed E-state index contributed by atoms with van der Waals surface area (Å²) in [7, 11) is 1.49. The first-order valence-electron chi connectivity index (χ1n) is 7.63. The first kappa shape index (κ1) is 15.8. The molecule has 6 heteroatoms. The van der Waals surface area contributed by atoms with Gasteiger partial charge in [0, 0.05) is 11.0 Å². The zero-order valence-corrected chi connectivity index (χ0v) is 13.2. The number of methoxy groups -OCH3 is 1. The fraction of sp³-hybridized carbons (Fsp3) is 0.158. The topological polar surface area (TPSA) is 34.4 Å². The molecule has 25 heavy (non-hydrogen) atoms. The molecule has 0 amide bonds. The van der Waals surface area contributed by atoms with Crippen LogP contribution in [-0.4, -0.2) is 23.0 Å². The third kappa shape index (κ3) is 2.17. The van der Waals surface area contributed by atoms with E-state index in [4.69, 9.17) is 4.74 Å². The Morgan fingerprint density at radius 3 is 2.40 bits per heavy atom. The van der Waals surface area contributed by atoms with Gasteiger partial charge in [0.25, 0.3) is 5.72 Å². The number of halogens is 3. The van der Waals surface area contributed by atoms with Gasteiger partial charge in [-0.3, -0.25) is 0 Å². The Kier molecular flexibility index (Phi) is 3.24. The minimum absolute atomic E-state index is 0.290. The van der Waals surface area contributed by atoms with Gasteiger partial charge in [0.1, 0.15) is 5.75 Å². The standard InChI is InChI=1S/C19H14F3NO2/c1-25-14-7-8-16-13(9-14)10-17-15(12-5-3-2-4-6-12)11-18(24,23(16)17)19(20,21)22/h2-11,24H,1H3. The average molecular weight is 345 g/mol. The summed E-state index contributed by atoms with van der Waals surface area (Å²) in [4.78, 5) is 0. The van der Waals surface area contributed by atoms with Crippen LogP contribution in [0, 0.1) is 0 Å². The molecule has 2 heterocycles. The molecule has 0 radical (unpaired) electrons. The minimum atomic E-state index is -4.86. The molecule has 0 aliphatic carbocycles. The molecule has 4 rings (SSSR count). The highest BCUT2D eigenvalue weighted by atomic mass is 19.4. The Morgan fingerprint density at radius 2 is 1.76 bits per heavy atom. The Labute approximate surface area is 141 Å². The van der Waals surface area contributed by atoms with Crippen molar-refractivity contribution in [3.05, 3.63) is 71.9 Å². The second-order valence-electron chi connectivity index (χ2n) is 5.94. The van der Waals surface area contributed by atoms with Gasteiger partial charge in [-0.05, 0) is 35.9 Å². The van der Waals surface area contributed by atoms with Crippen LogP contribution in [-0.2, 0) is 5.72 Å². The molecular weight excluding hydrogens is 331 g/mol. The van der Waals surface area contributed by atoms with Gasteiger partial charge in [-0.15, -0.1) is 0 Å². The maximum absolute atomic E-state index is 13.7. The fourth-order valence-corrected chi connectivity index (χ4v) is 3.28. The van der Waals surface area contributed by atoms with E-state index in [1.165, 1.54) is 13.2 Å². The molecular formula is C19H14F3NO2. The van der Waals surface area contributed by atoms with Crippen LogP contribution in [0.2, 0.25) is 0 Å². The van der Waals surface area contributed by atoms with Gasteiger partial charge in [0.05, 0.1) is 18.3 Å². The van der Waals surface area contributed by atoms with E-state index in [0.29, 0.717) is 28.0 Å². The number of fused-ring (bicyclic) bond motifs is 3.